The molecule has 0 radical (unpaired) electrons. The minimum absolute atomic E-state index is 0.240. The lowest BCUT2D eigenvalue weighted by molar-refractivity contribution is 0.254. The van der Waals surface area contributed by atoms with Gasteiger partial charge in [0.1, 0.15) is 5.76 Å². The number of hydrogen-bond acceptors (Lipinski definition) is 3. The van der Waals surface area contributed by atoms with E-state index < -0.39 is 0 Å². The molecule has 0 unspecified atom stereocenters. The third-order valence-electron chi connectivity index (χ3n) is 2.53. The lowest BCUT2D eigenvalue weighted by Gasteiger charge is -2.07. The lowest BCUT2D eigenvalue weighted by atomic mass is 10.2. The SMILES string of the molecule is CNC(=O)Nc1ccc(NCc2cc(Br)c(Br)o2)cc1. The summed E-state index contributed by atoms with van der Waals surface area (Å²) in [6.45, 7) is 0.576. The first-order valence-electron chi connectivity index (χ1n) is 5.85. The number of amides is 2. The molecule has 7 heteroatoms. The van der Waals surface area contributed by atoms with Gasteiger partial charge in [-0.05, 0) is 62.2 Å². The molecular formula is C13H13Br2N3O2. The summed E-state index contributed by atoms with van der Waals surface area (Å²) < 4.78 is 7.04. The van der Waals surface area contributed by atoms with Gasteiger partial charge in [-0.25, -0.2) is 4.79 Å². The van der Waals surface area contributed by atoms with Gasteiger partial charge in [0.25, 0.3) is 0 Å². The largest absolute Gasteiger partial charge is 0.451 e. The molecule has 0 spiro atoms. The van der Waals surface area contributed by atoms with Crippen LogP contribution in [0.1, 0.15) is 5.76 Å². The van der Waals surface area contributed by atoms with Gasteiger partial charge >= 0.3 is 6.03 Å². The van der Waals surface area contributed by atoms with E-state index in [0.717, 1.165) is 21.6 Å². The third-order valence-corrected chi connectivity index (χ3v) is 4.24. The number of hydrogen-bond donors (Lipinski definition) is 3. The summed E-state index contributed by atoms with van der Waals surface area (Å²) in [6, 6.07) is 9.09. The van der Waals surface area contributed by atoms with Crippen LogP contribution in [0.2, 0.25) is 0 Å². The zero-order valence-corrected chi connectivity index (χ0v) is 13.8. The van der Waals surface area contributed by atoms with E-state index in [1.54, 1.807) is 7.05 Å². The van der Waals surface area contributed by atoms with Gasteiger partial charge in [0, 0.05) is 18.4 Å². The van der Waals surface area contributed by atoms with Gasteiger partial charge in [-0.2, -0.15) is 0 Å². The average Bonchev–Trinajstić information content (AvgIpc) is 2.77. The first kappa shape index (κ1) is 14.9. The number of carbonyl (C=O) groups excluding carboxylic acids is 1. The highest BCUT2D eigenvalue weighted by Gasteiger charge is 2.05. The molecule has 20 heavy (non-hydrogen) atoms. The lowest BCUT2D eigenvalue weighted by Crippen LogP contribution is -2.24. The fraction of sp³-hybridized carbons (Fsp3) is 0.154. The van der Waals surface area contributed by atoms with Crippen molar-refractivity contribution in [2.24, 2.45) is 0 Å². The number of carbonyl (C=O) groups is 1. The Morgan fingerprint density at radius 2 is 1.85 bits per heavy atom. The molecule has 2 rings (SSSR count). The van der Waals surface area contributed by atoms with Crippen molar-refractivity contribution in [1.29, 1.82) is 0 Å². The number of anilines is 2. The maximum atomic E-state index is 11.2. The van der Waals surface area contributed by atoms with Crippen LogP contribution in [0.15, 0.2) is 43.9 Å². The van der Waals surface area contributed by atoms with E-state index >= 15 is 0 Å². The number of urea groups is 1. The van der Waals surface area contributed by atoms with Crippen LogP contribution < -0.4 is 16.0 Å². The summed E-state index contributed by atoms with van der Waals surface area (Å²) in [6.07, 6.45) is 0. The molecule has 2 amide bonds. The number of furan rings is 1. The Bertz CT molecular complexity index is 577. The number of rotatable bonds is 4. The molecule has 5 nitrogen and oxygen atoms in total. The van der Waals surface area contributed by atoms with E-state index in [2.05, 4.69) is 47.8 Å². The van der Waals surface area contributed by atoms with E-state index in [-0.39, 0.29) is 6.03 Å². The van der Waals surface area contributed by atoms with Gasteiger partial charge in [0.15, 0.2) is 4.67 Å². The second-order valence-electron chi connectivity index (χ2n) is 3.97. The molecule has 0 aliphatic carbocycles. The van der Waals surface area contributed by atoms with Crippen molar-refractivity contribution in [3.05, 3.63) is 45.2 Å². The Morgan fingerprint density at radius 1 is 1.20 bits per heavy atom. The van der Waals surface area contributed by atoms with Crippen molar-refractivity contribution in [3.8, 4) is 0 Å². The van der Waals surface area contributed by atoms with Crippen LogP contribution in [0, 0.1) is 0 Å². The normalized spacial score (nSPS) is 10.2. The van der Waals surface area contributed by atoms with Crippen LogP contribution in [0.25, 0.3) is 0 Å². The molecule has 1 aromatic carbocycles. The molecule has 0 saturated carbocycles. The Morgan fingerprint density at radius 3 is 2.40 bits per heavy atom. The van der Waals surface area contributed by atoms with E-state index in [1.165, 1.54) is 0 Å². The van der Waals surface area contributed by atoms with Gasteiger partial charge in [-0.15, -0.1) is 0 Å². The molecule has 0 aliphatic heterocycles. The second-order valence-corrected chi connectivity index (χ2v) is 5.54. The summed E-state index contributed by atoms with van der Waals surface area (Å²) in [4.78, 5) is 11.2. The zero-order chi connectivity index (χ0) is 14.5. The van der Waals surface area contributed by atoms with E-state index in [1.807, 2.05) is 30.3 Å². The molecule has 1 aromatic heterocycles. The first-order valence-corrected chi connectivity index (χ1v) is 7.43. The van der Waals surface area contributed by atoms with Crippen molar-refractivity contribution in [2.75, 3.05) is 17.7 Å². The Hall–Kier alpha value is -1.47. The first-order chi connectivity index (χ1) is 9.58. The Balaban J connectivity index is 1.92. The third kappa shape index (κ3) is 4.01. The summed E-state index contributed by atoms with van der Waals surface area (Å²) in [5.74, 6) is 0.816. The molecule has 0 aliphatic rings. The molecule has 3 N–H and O–H groups in total. The summed E-state index contributed by atoms with van der Waals surface area (Å²) in [7, 11) is 1.57. The molecule has 0 atom stereocenters. The highest BCUT2D eigenvalue weighted by atomic mass is 79.9. The van der Waals surface area contributed by atoms with Gasteiger partial charge in [-0.3, -0.25) is 0 Å². The average molecular weight is 403 g/mol. The highest BCUT2D eigenvalue weighted by Crippen LogP contribution is 2.27. The van der Waals surface area contributed by atoms with Gasteiger partial charge in [-0.1, -0.05) is 0 Å². The molecule has 1 heterocycles. The highest BCUT2D eigenvalue weighted by molar-refractivity contribution is 9.13. The zero-order valence-electron chi connectivity index (χ0n) is 10.7. The molecule has 0 bridgehead atoms. The van der Waals surface area contributed by atoms with Crippen molar-refractivity contribution < 1.29 is 9.21 Å². The number of halogens is 2. The van der Waals surface area contributed by atoms with Crippen LogP contribution in [-0.2, 0) is 6.54 Å². The molecule has 0 fully saturated rings. The van der Waals surface area contributed by atoms with E-state index in [9.17, 15) is 4.79 Å². The summed E-state index contributed by atoms with van der Waals surface area (Å²) in [5.41, 5.74) is 1.68. The van der Waals surface area contributed by atoms with Crippen LogP contribution in [0.3, 0.4) is 0 Å². The van der Waals surface area contributed by atoms with Crippen molar-refractivity contribution in [2.45, 2.75) is 6.54 Å². The standard InChI is InChI=1S/C13H13Br2N3O2/c1-16-13(19)18-9-4-2-8(3-5-9)17-7-10-6-11(14)12(15)20-10/h2-6,17H,7H2,1H3,(H2,16,18,19). The fourth-order valence-corrected chi connectivity index (χ4v) is 2.19. The van der Waals surface area contributed by atoms with Crippen LogP contribution in [0.5, 0.6) is 0 Å². The molecule has 106 valence electrons. The van der Waals surface area contributed by atoms with Crippen molar-refractivity contribution in [1.82, 2.24) is 5.32 Å². The molecular weight excluding hydrogens is 390 g/mol. The van der Waals surface area contributed by atoms with Crippen LogP contribution in [-0.4, -0.2) is 13.1 Å². The van der Waals surface area contributed by atoms with Gasteiger partial charge in [0.2, 0.25) is 0 Å². The van der Waals surface area contributed by atoms with Gasteiger partial charge < -0.3 is 20.4 Å². The monoisotopic (exact) mass is 401 g/mol. The van der Waals surface area contributed by atoms with Crippen LogP contribution >= 0.6 is 31.9 Å². The van der Waals surface area contributed by atoms with Crippen LogP contribution in [0.4, 0.5) is 16.2 Å². The Kier molecular flexibility index (Phi) is 5.08. The maximum absolute atomic E-state index is 11.2. The predicted octanol–water partition coefficient (Wildman–Crippen LogP) is 4.17. The van der Waals surface area contributed by atoms with E-state index in [0.29, 0.717) is 11.2 Å². The van der Waals surface area contributed by atoms with E-state index in [4.69, 9.17) is 4.42 Å². The van der Waals surface area contributed by atoms with Crippen molar-refractivity contribution >= 4 is 49.3 Å². The summed E-state index contributed by atoms with van der Waals surface area (Å²) >= 11 is 6.66. The minimum atomic E-state index is -0.240. The Labute approximate surface area is 133 Å². The second kappa shape index (κ2) is 6.81. The maximum Gasteiger partial charge on any atom is 0.318 e. The minimum Gasteiger partial charge on any atom is -0.451 e. The predicted molar refractivity (Wildman–Crippen MR) is 86.0 cm³/mol. The molecule has 0 saturated heterocycles. The number of benzene rings is 1. The number of nitrogens with one attached hydrogen (secondary N) is 3. The summed E-state index contributed by atoms with van der Waals surface area (Å²) in [5, 5.41) is 8.42. The quantitative estimate of drug-likeness (QED) is 0.718. The van der Waals surface area contributed by atoms with Gasteiger partial charge in [0.05, 0.1) is 11.0 Å². The topological polar surface area (TPSA) is 66.3 Å². The smallest absolute Gasteiger partial charge is 0.318 e. The van der Waals surface area contributed by atoms with Crippen molar-refractivity contribution in [3.63, 3.8) is 0 Å². The molecule has 2 aromatic rings. The fourth-order valence-electron chi connectivity index (χ4n) is 1.53.